The van der Waals surface area contributed by atoms with Crippen molar-refractivity contribution in [2.24, 2.45) is 0 Å². The van der Waals surface area contributed by atoms with E-state index in [1.165, 1.54) is 0 Å². The average Bonchev–Trinajstić information content (AvgIpc) is 3.08. The van der Waals surface area contributed by atoms with E-state index >= 15 is 0 Å². The molecule has 1 saturated heterocycles. The third-order valence-corrected chi connectivity index (χ3v) is 7.17. The third kappa shape index (κ3) is 4.80. The van der Waals surface area contributed by atoms with Crippen LogP contribution in [0, 0.1) is 17.5 Å². The van der Waals surface area contributed by atoms with Crippen LogP contribution in [0.2, 0.25) is 0 Å². The van der Waals surface area contributed by atoms with Crippen LogP contribution in [-0.4, -0.2) is 46.4 Å². The van der Waals surface area contributed by atoms with Gasteiger partial charge < -0.3 is 20.1 Å². The summed E-state index contributed by atoms with van der Waals surface area (Å²) in [4.78, 5) is 13.0. The maximum Gasteiger partial charge on any atom is 0.491 e. The lowest BCUT2D eigenvalue weighted by Crippen LogP contribution is -2.37. The number of anilines is 1. The number of alkyl halides is 3. The standard InChI is InChI=1S/C20H18BF6NO4S/c1-19(20(25,26)27)8-11(10-4-6-13(22)15(24)16(10)32-2)17(33-19)18(29)28-9-3-5-12(21(30)31)14(23)7-9/h3-7,11,17,30-31H,8H2,1-2H3,(H,28,29)/t11-,17+,19+/m0/s1. The zero-order valence-electron chi connectivity index (χ0n) is 17.2. The molecule has 0 unspecified atom stereocenters. The van der Waals surface area contributed by atoms with Crippen molar-refractivity contribution < 1.29 is 45.9 Å². The smallest absolute Gasteiger partial charge is 0.491 e. The number of benzene rings is 2. The highest BCUT2D eigenvalue weighted by Crippen LogP contribution is 2.59. The molecule has 3 atom stereocenters. The van der Waals surface area contributed by atoms with Gasteiger partial charge in [0.2, 0.25) is 11.7 Å². The van der Waals surface area contributed by atoms with E-state index in [0.29, 0.717) is 11.8 Å². The average molecular weight is 493 g/mol. The predicted octanol–water partition coefficient (Wildman–Crippen LogP) is 3.34. The Balaban J connectivity index is 1.99. The number of amides is 1. The third-order valence-electron chi connectivity index (χ3n) is 5.45. The maximum atomic E-state index is 14.3. The van der Waals surface area contributed by atoms with Gasteiger partial charge in [-0.15, -0.1) is 11.8 Å². The maximum absolute atomic E-state index is 14.3. The van der Waals surface area contributed by atoms with Gasteiger partial charge in [0.15, 0.2) is 11.6 Å². The van der Waals surface area contributed by atoms with Crippen molar-refractivity contribution in [1.82, 2.24) is 0 Å². The highest BCUT2D eigenvalue weighted by Gasteiger charge is 2.60. The summed E-state index contributed by atoms with van der Waals surface area (Å²) in [6.45, 7) is 0.904. The van der Waals surface area contributed by atoms with Gasteiger partial charge in [0.25, 0.3) is 0 Å². The molecule has 2 aromatic carbocycles. The summed E-state index contributed by atoms with van der Waals surface area (Å²) in [5.74, 6) is -6.45. The molecule has 2 aromatic rings. The van der Waals surface area contributed by atoms with E-state index in [1.807, 2.05) is 0 Å². The largest absolute Gasteiger partial charge is 0.493 e. The van der Waals surface area contributed by atoms with Crippen molar-refractivity contribution in [2.75, 3.05) is 12.4 Å². The molecule has 0 spiro atoms. The highest BCUT2D eigenvalue weighted by atomic mass is 32.2. The Morgan fingerprint density at radius 1 is 1.18 bits per heavy atom. The Kier molecular flexibility index (Phi) is 6.97. The van der Waals surface area contributed by atoms with Crippen LogP contribution in [0.5, 0.6) is 5.75 Å². The summed E-state index contributed by atoms with van der Waals surface area (Å²) >= 11 is 0.309. The molecular formula is C20H18BF6NO4S. The van der Waals surface area contributed by atoms with E-state index in [1.54, 1.807) is 0 Å². The molecule has 178 valence electrons. The van der Waals surface area contributed by atoms with Gasteiger partial charge in [-0.05, 0) is 31.5 Å². The molecule has 0 aromatic heterocycles. The van der Waals surface area contributed by atoms with Crippen LogP contribution in [-0.2, 0) is 4.79 Å². The van der Waals surface area contributed by atoms with Crippen LogP contribution in [0.15, 0.2) is 30.3 Å². The number of methoxy groups -OCH3 is 1. The minimum absolute atomic E-state index is 0.109. The topological polar surface area (TPSA) is 78.8 Å². The van der Waals surface area contributed by atoms with Crippen molar-refractivity contribution in [3.05, 3.63) is 53.3 Å². The number of hydrogen-bond acceptors (Lipinski definition) is 5. The van der Waals surface area contributed by atoms with Gasteiger partial charge >= 0.3 is 13.3 Å². The lowest BCUT2D eigenvalue weighted by atomic mass is 9.80. The molecule has 33 heavy (non-hydrogen) atoms. The second kappa shape index (κ2) is 9.11. The molecule has 0 aliphatic carbocycles. The van der Waals surface area contributed by atoms with Crippen molar-refractivity contribution in [2.45, 2.75) is 35.4 Å². The summed E-state index contributed by atoms with van der Waals surface area (Å²) in [6.07, 6.45) is -5.34. The van der Waals surface area contributed by atoms with E-state index < -0.39 is 70.2 Å². The Hall–Kier alpha value is -2.38. The Labute approximate surface area is 189 Å². The monoisotopic (exact) mass is 493 g/mol. The van der Waals surface area contributed by atoms with Gasteiger partial charge in [-0.2, -0.15) is 17.6 Å². The van der Waals surface area contributed by atoms with E-state index in [2.05, 4.69) is 5.32 Å². The zero-order valence-corrected chi connectivity index (χ0v) is 18.0. The minimum atomic E-state index is -4.72. The van der Waals surface area contributed by atoms with Crippen molar-refractivity contribution in [3.63, 3.8) is 0 Å². The first-order valence-corrected chi connectivity index (χ1v) is 10.4. The molecular weight excluding hydrogens is 475 g/mol. The van der Waals surface area contributed by atoms with Crippen molar-refractivity contribution >= 4 is 35.9 Å². The number of halogens is 6. The van der Waals surface area contributed by atoms with Gasteiger partial charge in [0.05, 0.1) is 12.4 Å². The Morgan fingerprint density at radius 3 is 2.39 bits per heavy atom. The zero-order chi connectivity index (χ0) is 24.7. The number of rotatable bonds is 5. The number of carbonyl (C=O) groups excluding carboxylic acids is 1. The Morgan fingerprint density at radius 2 is 1.85 bits per heavy atom. The van der Waals surface area contributed by atoms with Gasteiger partial charge in [-0.3, -0.25) is 4.79 Å². The van der Waals surface area contributed by atoms with Crippen LogP contribution >= 0.6 is 11.8 Å². The molecule has 0 radical (unpaired) electrons. The molecule has 0 bridgehead atoms. The van der Waals surface area contributed by atoms with Crippen LogP contribution < -0.4 is 15.5 Å². The van der Waals surface area contributed by atoms with Crippen molar-refractivity contribution in [1.29, 1.82) is 0 Å². The van der Waals surface area contributed by atoms with E-state index in [0.717, 1.165) is 44.4 Å². The summed E-state index contributed by atoms with van der Waals surface area (Å²) in [5.41, 5.74) is -0.710. The van der Waals surface area contributed by atoms with Crippen molar-refractivity contribution in [3.8, 4) is 5.75 Å². The fraction of sp³-hybridized carbons (Fsp3) is 0.350. The molecule has 1 fully saturated rings. The molecule has 1 aliphatic heterocycles. The van der Waals surface area contributed by atoms with Gasteiger partial charge in [-0.1, -0.05) is 12.1 Å². The summed E-state index contributed by atoms with van der Waals surface area (Å²) in [7, 11) is -1.07. The SMILES string of the molecule is COc1c([C@@H]2C[C@](C)(C(F)(F)F)S[C@H]2C(=O)Nc2ccc(B(O)O)c(F)c2)ccc(F)c1F. The molecule has 13 heteroatoms. The van der Waals surface area contributed by atoms with Gasteiger partial charge in [0, 0.05) is 22.6 Å². The second-order valence-electron chi connectivity index (χ2n) is 7.66. The summed E-state index contributed by atoms with van der Waals surface area (Å²) in [6, 6.07) is 4.73. The van der Waals surface area contributed by atoms with E-state index in [9.17, 15) is 31.1 Å². The quantitative estimate of drug-likeness (QED) is 0.440. The number of carbonyl (C=O) groups is 1. The van der Waals surface area contributed by atoms with E-state index in [-0.39, 0.29) is 11.3 Å². The lowest BCUT2D eigenvalue weighted by molar-refractivity contribution is -0.155. The summed E-state index contributed by atoms with van der Waals surface area (Å²) in [5, 5.41) is 19.1. The number of ether oxygens (including phenoxy) is 1. The molecule has 0 saturated carbocycles. The first kappa shape index (κ1) is 25.3. The van der Waals surface area contributed by atoms with Crippen LogP contribution in [0.4, 0.5) is 32.0 Å². The van der Waals surface area contributed by atoms with Gasteiger partial charge in [0.1, 0.15) is 10.6 Å². The minimum Gasteiger partial charge on any atom is -0.493 e. The number of hydrogen-bond donors (Lipinski definition) is 3. The van der Waals surface area contributed by atoms with Crippen LogP contribution in [0.25, 0.3) is 0 Å². The molecule has 3 rings (SSSR count). The molecule has 5 nitrogen and oxygen atoms in total. The fourth-order valence-corrected chi connectivity index (χ4v) is 5.25. The second-order valence-corrected chi connectivity index (χ2v) is 9.31. The normalized spacial score (nSPS) is 22.8. The van der Waals surface area contributed by atoms with Gasteiger partial charge in [-0.25, -0.2) is 8.78 Å². The molecule has 1 amide bonds. The van der Waals surface area contributed by atoms with Crippen LogP contribution in [0.3, 0.4) is 0 Å². The molecule has 1 heterocycles. The lowest BCUT2D eigenvalue weighted by Gasteiger charge is -2.26. The predicted molar refractivity (Wildman–Crippen MR) is 111 cm³/mol. The van der Waals surface area contributed by atoms with E-state index in [4.69, 9.17) is 14.8 Å². The molecule has 1 aliphatic rings. The molecule has 3 N–H and O–H groups in total. The number of thioether (sulfide) groups is 1. The highest BCUT2D eigenvalue weighted by molar-refractivity contribution is 8.02. The van der Waals surface area contributed by atoms with Crippen LogP contribution in [0.1, 0.15) is 24.8 Å². The Bertz CT molecular complexity index is 1070. The fourth-order valence-electron chi connectivity index (χ4n) is 3.70. The first-order chi connectivity index (χ1) is 15.3. The first-order valence-electron chi connectivity index (χ1n) is 9.52. The number of nitrogens with one attached hydrogen (secondary N) is 1. The summed E-state index contributed by atoms with van der Waals surface area (Å²) < 4.78 is 85.8.